The average Bonchev–Trinajstić information content (AvgIpc) is 3.86. The van der Waals surface area contributed by atoms with Crippen LogP contribution in [-0.4, -0.2) is 0 Å². The third-order valence-electron chi connectivity index (χ3n) is 11.7. The number of fused-ring (bicyclic) bond motifs is 10. The van der Waals surface area contributed by atoms with Crippen molar-refractivity contribution in [2.24, 2.45) is 0 Å². The van der Waals surface area contributed by atoms with E-state index in [4.69, 9.17) is 4.42 Å². The second-order valence-corrected chi connectivity index (χ2v) is 15.9. The number of rotatable bonds is 5. The molecule has 12 rings (SSSR count). The zero-order chi connectivity index (χ0) is 37.5. The van der Waals surface area contributed by atoms with Crippen LogP contribution in [0.3, 0.4) is 0 Å². The van der Waals surface area contributed by atoms with E-state index in [1.807, 2.05) is 11.3 Å². The topological polar surface area (TPSA) is 16.4 Å². The molecule has 0 aliphatic rings. The Balaban J connectivity index is 1.10. The third kappa shape index (κ3) is 5.03. The Morgan fingerprint density at radius 1 is 0.386 bits per heavy atom. The van der Waals surface area contributed by atoms with E-state index in [1.54, 1.807) is 0 Å². The molecule has 10 aromatic carbocycles. The van der Waals surface area contributed by atoms with Gasteiger partial charge in [0.15, 0.2) is 0 Å². The Kier molecular flexibility index (Phi) is 7.13. The number of benzene rings is 10. The molecule has 2 nitrogen and oxygen atoms in total. The summed E-state index contributed by atoms with van der Waals surface area (Å²) in [5.74, 6) is 0. The van der Waals surface area contributed by atoms with Crippen LogP contribution in [0.5, 0.6) is 0 Å². The highest BCUT2D eigenvalue weighted by Crippen LogP contribution is 2.48. The summed E-state index contributed by atoms with van der Waals surface area (Å²) in [4.78, 5) is 2.41. The lowest BCUT2D eigenvalue weighted by Gasteiger charge is -2.27. The van der Waals surface area contributed by atoms with Crippen molar-refractivity contribution in [1.82, 2.24) is 0 Å². The number of thiophene rings is 1. The molecule has 0 amide bonds. The normalized spacial score (nSPS) is 11.9. The summed E-state index contributed by atoms with van der Waals surface area (Å²) in [6, 6.07) is 72.7. The fourth-order valence-electron chi connectivity index (χ4n) is 9.00. The first-order chi connectivity index (χ1) is 28.3. The largest absolute Gasteiger partial charge is 0.455 e. The van der Waals surface area contributed by atoms with E-state index in [1.165, 1.54) is 63.6 Å². The predicted octanol–water partition coefficient (Wildman–Crippen LogP) is 16.2. The summed E-state index contributed by atoms with van der Waals surface area (Å²) in [5.41, 5.74) is 9.68. The van der Waals surface area contributed by atoms with Crippen molar-refractivity contribution in [3.63, 3.8) is 0 Å². The van der Waals surface area contributed by atoms with Gasteiger partial charge in [-0.05, 0) is 97.5 Å². The van der Waals surface area contributed by atoms with Gasteiger partial charge in [-0.2, -0.15) is 0 Å². The monoisotopic (exact) mass is 743 g/mol. The molecule has 0 aliphatic heterocycles. The van der Waals surface area contributed by atoms with Gasteiger partial charge in [-0.25, -0.2) is 0 Å². The Labute approximate surface area is 333 Å². The Hall–Kier alpha value is -7.20. The lowest BCUT2D eigenvalue weighted by molar-refractivity contribution is 0.670. The first-order valence-corrected chi connectivity index (χ1v) is 20.2. The van der Waals surface area contributed by atoms with E-state index < -0.39 is 0 Å². The average molecular weight is 744 g/mol. The molecule has 0 aliphatic carbocycles. The van der Waals surface area contributed by atoms with Crippen molar-refractivity contribution in [2.45, 2.75) is 0 Å². The van der Waals surface area contributed by atoms with Crippen molar-refractivity contribution in [2.75, 3.05) is 4.90 Å². The van der Waals surface area contributed by atoms with Crippen LogP contribution in [0, 0.1) is 0 Å². The molecule has 0 radical (unpaired) electrons. The van der Waals surface area contributed by atoms with Gasteiger partial charge in [0.05, 0.1) is 11.1 Å². The molecule has 0 saturated carbocycles. The molecule has 0 unspecified atom stereocenters. The van der Waals surface area contributed by atoms with Crippen molar-refractivity contribution in [3.8, 4) is 22.3 Å². The van der Waals surface area contributed by atoms with Crippen molar-refractivity contribution >= 4 is 103 Å². The maximum absolute atomic E-state index is 6.89. The maximum atomic E-state index is 6.89. The quantitative estimate of drug-likeness (QED) is 0.163. The molecule has 0 N–H and O–H groups in total. The zero-order valence-electron chi connectivity index (χ0n) is 30.8. The van der Waals surface area contributed by atoms with Gasteiger partial charge in [0.2, 0.25) is 0 Å². The minimum atomic E-state index is 0.873. The Bertz CT molecular complexity index is 3530. The van der Waals surface area contributed by atoms with E-state index in [0.29, 0.717) is 0 Å². The van der Waals surface area contributed by atoms with Crippen molar-refractivity contribution in [1.29, 1.82) is 0 Å². The molecule has 3 heteroatoms. The van der Waals surface area contributed by atoms with Crippen LogP contribution in [0.1, 0.15) is 0 Å². The number of para-hydroxylation sites is 1. The predicted molar refractivity (Wildman–Crippen MR) is 245 cm³/mol. The van der Waals surface area contributed by atoms with Gasteiger partial charge >= 0.3 is 0 Å². The first-order valence-electron chi connectivity index (χ1n) is 19.4. The van der Waals surface area contributed by atoms with Crippen molar-refractivity contribution in [3.05, 3.63) is 200 Å². The number of nitrogens with zero attached hydrogens (tertiary/aromatic N) is 1. The summed E-state index contributed by atoms with van der Waals surface area (Å²) in [7, 11) is 0. The smallest absolute Gasteiger partial charge is 0.145 e. The van der Waals surface area contributed by atoms with E-state index >= 15 is 0 Å². The molecule has 2 aromatic heterocycles. The Morgan fingerprint density at radius 2 is 1.02 bits per heavy atom. The molecular weight excluding hydrogens is 711 g/mol. The van der Waals surface area contributed by atoms with E-state index in [0.717, 1.165) is 50.1 Å². The summed E-state index contributed by atoms with van der Waals surface area (Å²) in [5, 5.41) is 12.2. The molecule has 2 heterocycles. The van der Waals surface area contributed by atoms with Crippen LogP contribution in [0.15, 0.2) is 205 Å². The lowest BCUT2D eigenvalue weighted by atomic mass is 9.95. The maximum Gasteiger partial charge on any atom is 0.145 e. The second-order valence-electron chi connectivity index (χ2n) is 14.8. The molecule has 0 saturated heterocycles. The summed E-state index contributed by atoms with van der Waals surface area (Å²) in [6.45, 7) is 0. The number of anilines is 3. The molecule has 0 spiro atoms. The minimum absolute atomic E-state index is 0.873. The van der Waals surface area contributed by atoms with Crippen LogP contribution in [-0.2, 0) is 0 Å². The summed E-state index contributed by atoms with van der Waals surface area (Å²) >= 11 is 1.87. The van der Waals surface area contributed by atoms with Gasteiger partial charge in [-0.15, -0.1) is 11.3 Å². The van der Waals surface area contributed by atoms with Gasteiger partial charge in [0.25, 0.3) is 0 Å². The number of furan rings is 1. The van der Waals surface area contributed by atoms with E-state index in [9.17, 15) is 0 Å². The SMILES string of the molecule is c1ccc2c(-c3ccc(N(c4ccc(-c5cccc6c5sc5ccccc56)cc4)c4ccc5c(ccc6ccccc65)c4)c4c3oc3ccccc34)cccc2c1. The van der Waals surface area contributed by atoms with E-state index in [2.05, 4.69) is 205 Å². The van der Waals surface area contributed by atoms with Gasteiger partial charge in [-0.3, -0.25) is 0 Å². The van der Waals surface area contributed by atoms with Gasteiger partial charge < -0.3 is 9.32 Å². The molecule has 12 aromatic rings. The van der Waals surface area contributed by atoms with Crippen molar-refractivity contribution < 1.29 is 4.42 Å². The highest BCUT2D eigenvalue weighted by molar-refractivity contribution is 7.26. The lowest BCUT2D eigenvalue weighted by Crippen LogP contribution is -2.10. The third-order valence-corrected chi connectivity index (χ3v) is 12.9. The second kappa shape index (κ2) is 12.7. The molecule has 266 valence electrons. The first kappa shape index (κ1) is 32.1. The molecule has 0 fully saturated rings. The van der Waals surface area contributed by atoms with Gasteiger partial charge in [0, 0.05) is 42.5 Å². The van der Waals surface area contributed by atoms with Crippen LogP contribution >= 0.6 is 11.3 Å². The molecular formula is C54H33NOS. The van der Waals surface area contributed by atoms with Gasteiger partial charge in [-0.1, -0.05) is 152 Å². The van der Waals surface area contributed by atoms with Gasteiger partial charge in [0.1, 0.15) is 11.2 Å². The fraction of sp³-hybridized carbons (Fsp3) is 0. The molecule has 57 heavy (non-hydrogen) atoms. The minimum Gasteiger partial charge on any atom is -0.455 e. The highest BCUT2D eigenvalue weighted by atomic mass is 32.1. The number of hydrogen-bond acceptors (Lipinski definition) is 3. The van der Waals surface area contributed by atoms with Crippen LogP contribution < -0.4 is 4.90 Å². The Morgan fingerprint density at radius 3 is 1.89 bits per heavy atom. The summed E-state index contributed by atoms with van der Waals surface area (Å²) < 4.78 is 9.52. The summed E-state index contributed by atoms with van der Waals surface area (Å²) in [6.07, 6.45) is 0. The molecule has 0 bridgehead atoms. The van der Waals surface area contributed by atoms with Crippen LogP contribution in [0.25, 0.3) is 96.7 Å². The standard InChI is InChI=1S/C54H33NOS/c1-4-15-41-34(11-1)13-9-19-44(41)46-31-32-49(52-48-17-5-7-21-50(48)56-53(46)52)55(39-29-30-42-37(33-39)24-23-35-12-2-3-14-40(35)42)38-27-25-36(26-28-38)43-18-10-20-47-45-16-6-8-22-51(45)57-54(43)47/h1-33H. The van der Waals surface area contributed by atoms with E-state index in [-0.39, 0.29) is 0 Å². The highest BCUT2D eigenvalue weighted by Gasteiger charge is 2.23. The zero-order valence-corrected chi connectivity index (χ0v) is 31.6. The molecule has 0 atom stereocenters. The van der Waals surface area contributed by atoms with Crippen LogP contribution in [0.2, 0.25) is 0 Å². The van der Waals surface area contributed by atoms with Crippen LogP contribution in [0.4, 0.5) is 17.1 Å². The fourth-order valence-corrected chi connectivity index (χ4v) is 10.2. The number of hydrogen-bond donors (Lipinski definition) is 0.